The van der Waals surface area contributed by atoms with Crippen molar-refractivity contribution in [2.24, 2.45) is 13.0 Å². The number of nitrogens with zero attached hydrogens (tertiary/aromatic N) is 4. The summed E-state index contributed by atoms with van der Waals surface area (Å²) in [6, 6.07) is 4.79. The normalized spacial score (nSPS) is 24.8. The second-order valence-electron chi connectivity index (χ2n) is 7.11. The summed E-state index contributed by atoms with van der Waals surface area (Å²) in [4.78, 5) is 11.0. The Hall–Kier alpha value is -1.92. The second-order valence-corrected chi connectivity index (χ2v) is 7.11. The van der Waals surface area contributed by atoms with Gasteiger partial charge < -0.3 is 19.5 Å². The average molecular weight is 341 g/mol. The van der Waals surface area contributed by atoms with E-state index >= 15 is 0 Å². The molecule has 0 bridgehead atoms. The lowest BCUT2D eigenvalue weighted by molar-refractivity contribution is 0.0802. The zero-order valence-corrected chi connectivity index (χ0v) is 14.8. The fourth-order valence-corrected chi connectivity index (χ4v) is 3.99. The van der Waals surface area contributed by atoms with Gasteiger partial charge in [-0.05, 0) is 31.4 Å². The van der Waals surface area contributed by atoms with E-state index < -0.39 is 0 Å². The van der Waals surface area contributed by atoms with E-state index in [4.69, 9.17) is 4.74 Å². The van der Waals surface area contributed by atoms with E-state index in [2.05, 4.69) is 36.9 Å². The average Bonchev–Trinajstić information content (AvgIpc) is 3.29. The summed E-state index contributed by atoms with van der Waals surface area (Å²) in [6.45, 7) is 4.05. The maximum Gasteiger partial charge on any atom is 0.137 e. The maximum atomic E-state index is 5.97. The molecule has 2 aliphatic heterocycles. The van der Waals surface area contributed by atoms with Crippen LogP contribution in [0.5, 0.6) is 0 Å². The monoisotopic (exact) mass is 341 g/mol. The number of pyridine rings is 1. The minimum Gasteiger partial charge on any atom is -0.371 e. The molecule has 0 spiro atoms. The third-order valence-electron chi connectivity index (χ3n) is 5.52. The highest BCUT2D eigenvalue weighted by molar-refractivity contribution is 5.44. The lowest BCUT2D eigenvalue weighted by Gasteiger charge is -2.34. The summed E-state index contributed by atoms with van der Waals surface area (Å²) in [5, 5.41) is 3.79. The second kappa shape index (κ2) is 7.54. The molecule has 0 unspecified atom stereocenters. The zero-order chi connectivity index (χ0) is 17.1. The van der Waals surface area contributed by atoms with Crippen LogP contribution in [0.2, 0.25) is 0 Å². The van der Waals surface area contributed by atoms with Gasteiger partial charge in [-0.25, -0.2) is 4.98 Å². The standard InChI is InChI=1S/C19H27N5O/c1-23-12-9-21-19(23)18-15(6-13-25-18)14-22-16-4-10-24(11-5-16)17-2-7-20-8-3-17/h2-3,7-9,12,15-16,18,22H,4-6,10-11,13-14H2,1H3/t15-,18+/m0/s1. The Morgan fingerprint density at radius 1 is 1.16 bits per heavy atom. The van der Waals surface area contributed by atoms with Crippen molar-refractivity contribution in [3.63, 3.8) is 0 Å². The summed E-state index contributed by atoms with van der Waals surface area (Å²) in [6.07, 6.45) is 11.2. The van der Waals surface area contributed by atoms with Crippen LogP contribution in [0.25, 0.3) is 0 Å². The van der Waals surface area contributed by atoms with Crippen molar-refractivity contribution in [2.75, 3.05) is 31.1 Å². The molecule has 2 aromatic rings. The summed E-state index contributed by atoms with van der Waals surface area (Å²) in [7, 11) is 2.04. The number of hydrogen-bond donors (Lipinski definition) is 1. The van der Waals surface area contributed by atoms with Gasteiger partial charge in [0.2, 0.25) is 0 Å². The molecule has 134 valence electrons. The molecule has 0 amide bonds. The first kappa shape index (κ1) is 16.5. The van der Waals surface area contributed by atoms with Gasteiger partial charge in [-0.3, -0.25) is 4.98 Å². The maximum absolute atomic E-state index is 5.97. The fraction of sp³-hybridized carbons (Fsp3) is 0.579. The van der Waals surface area contributed by atoms with Crippen LogP contribution in [0.4, 0.5) is 5.69 Å². The number of anilines is 1. The number of nitrogens with one attached hydrogen (secondary N) is 1. The number of rotatable bonds is 5. The molecule has 4 rings (SSSR count). The number of piperidine rings is 1. The number of ether oxygens (including phenoxy) is 1. The Balaban J connectivity index is 1.27. The van der Waals surface area contributed by atoms with Crippen LogP contribution in [0.3, 0.4) is 0 Å². The molecule has 2 saturated heterocycles. The van der Waals surface area contributed by atoms with E-state index in [0.717, 1.165) is 38.5 Å². The van der Waals surface area contributed by atoms with E-state index in [1.165, 1.54) is 18.5 Å². The molecule has 2 aromatic heterocycles. The van der Waals surface area contributed by atoms with Gasteiger partial charge in [-0.15, -0.1) is 0 Å². The Kier molecular flexibility index (Phi) is 4.99. The third-order valence-corrected chi connectivity index (χ3v) is 5.52. The Labute approximate surface area is 149 Å². The molecule has 0 aromatic carbocycles. The predicted octanol–water partition coefficient (Wildman–Crippen LogP) is 2.15. The molecule has 2 aliphatic rings. The fourth-order valence-electron chi connectivity index (χ4n) is 3.99. The van der Waals surface area contributed by atoms with Crippen molar-refractivity contribution >= 4 is 5.69 Å². The highest BCUT2D eigenvalue weighted by Gasteiger charge is 2.32. The van der Waals surface area contributed by atoms with Crippen molar-refractivity contribution in [2.45, 2.75) is 31.4 Å². The van der Waals surface area contributed by atoms with Crippen molar-refractivity contribution in [3.05, 3.63) is 42.7 Å². The van der Waals surface area contributed by atoms with Gasteiger partial charge >= 0.3 is 0 Å². The van der Waals surface area contributed by atoms with Crippen molar-refractivity contribution in [3.8, 4) is 0 Å². The van der Waals surface area contributed by atoms with Crippen LogP contribution in [0, 0.1) is 5.92 Å². The smallest absolute Gasteiger partial charge is 0.137 e. The van der Waals surface area contributed by atoms with Gasteiger partial charge in [0.05, 0.1) is 0 Å². The summed E-state index contributed by atoms with van der Waals surface area (Å²) in [5.74, 6) is 1.57. The minimum atomic E-state index is 0.129. The molecule has 1 N–H and O–H groups in total. The third kappa shape index (κ3) is 3.70. The van der Waals surface area contributed by atoms with Gasteiger partial charge in [0.25, 0.3) is 0 Å². The van der Waals surface area contributed by atoms with Crippen LogP contribution in [-0.2, 0) is 11.8 Å². The van der Waals surface area contributed by atoms with Crippen molar-refractivity contribution in [1.29, 1.82) is 0 Å². The quantitative estimate of drug-likeness (QED) is 0.903. The van der Waals surface area contributed by atoms with Gasteiger partial charge in [-0.2, -0.15) is 0 Å². The van der Waals surface area contributed by atoms with E-state index in [9.17, 15) is 0 Å². The predicted molar refractivity (Wildman–Crippen MR) is 97.5 cm³/mol. The van der Waals surface area contributed by atoms with Crippen molar-refractivity contribution in [1.82, 2.24) is 19.9 Å². The highest BCUT2D eigenvalue weighted by Crippen LogP contribution is 2.33. The first-order valence-electron chi connectivity index (χ1n) is 9.28. The van der Waals surface area contributed by atoms with E-state index in [0.29, 0.717) is 12.0 Å². The Bertz CT molecular complexity index is 665. The SMILES string of the molecule is Cn1ccnc1[C@@H]1OCC[C@H]1CNC1CCN(c2ccncc2)CC1. The number of imidazole rings is 1. The van der Waals surface area contributed by atoms with Crippen LogP contribution in [0.15, 0.2) is 36.9 Å². The van der Waals surface area contributed by atoms with Gasteiger partial charge in [0.1, 0.15) is 11.9 Å². The molecule has 2 fully saturated rings. The number of aryl methyl sites for hydroxylation is 1. The van der Waals surface area contributed by atoms with Gasteiger partial charge in [0.15, 0.2) is 0 Å². The van der Waals surface area contributed by atoms with E-state index in [1.807, 2.05) is 31.8 Å². The van der Waals surface area contributed by atoms with Crippen LogP contribution in [-0.4, -0.2) is 46.8 Å². The molecule has 6 heteroatoms. The molecule has 0 aliphatic carbocycles. The molecule has 0 saturated carbocycles. The topological polar surface area (TPSA) is 55.2 Å². The molecular weight excluding hydrogens is 314 g/mol. The number of aromatic nitrogens is 3. The number of hydrogen-bond acceptors (Lipinski definition) is 5. The summed E-state index contributed by atoms with van der Waals surface area (Å²) in [5.41, 5.74) is 1.28. The summed E-state index contributed by atoms with van der Waals surface area (Å²) >= 11 is 0. The molecule has 6 nitrogen and oxygen atoms in total. The lowest BCUT2D eigenvalue weighted by atomic mass is 9.98. The zero-order valence-electron chi connectivity index (χ0n) is 14.8. The van der Waals surface area contributed by atoms with Crippen molar-refractivity contribution < 1.29 is 4.74 Å². The van der Waals surface area contributed by atoms with Gasteiger partial charge in [-0.1, -0.05) is 0 Å². The molecule has 25 heavy (non-hydrogen) atoms. The van der Waals surface area contributed by atoms with Gasteiger partial charge in [0, 0.05) is 75.7 Å². The lowest BCUT2D eigenvalue weighted by Crippen LogP contribution is -2.44. The first-order chi connectivity index (χ1) is 12.3. The molecule has 0 radical (unpaired) electrons. The van der Waals surface area contributed by atoms with Crippen LogP contribution in [0.1, 0.15) is 31.2 Å². The molecule has 4 heterocycles. The van der Waals surface area contributed by atoms with E-state index in [1.54, 1.807) is 0 Å². The minimum absolute atomic E-state index is 0.129. The Morgan fingerprint density at radius 2 is 1.96 bits per heavy atom. The largest absolute Gasteiger partial charge is 0.371 e. The molecule has 2 atom stereocenters. The first-order valence-corrected chi connectivity index (χ1v) is 9.28. The van der Waals surface area contributed by atoms with E-state index in [-0.39, 0.29) is 6.10 Å². The Morgan fingerprint density at radius 3 is 2.68 bits per heavy atom. The summed E-state index contributed by atoms with van der Waals surface area (Å²) < 4.78 is 8.05. The molecular formula is C19H27N5O. The van der Waals surface area contributed by atoms with Crippen LogP contribution >= 0.6 is 0 Å². The highest BCUT2D eigenvalue weighted by atomic mass is 16.5. The van der Waals surface area contributed by atoms with Crippen LogP contribution < -0.4 is 10.2 Å².